The Kier molecular flexibility index (Phi) is 2.25. The van der Waals surface area contributed by atoms with Gasteiger partial charge in [-0.25, -0.2) is 0 Å². The van der Waals surface area contributed by atoms with Gasteiger partial charge in [0.1, 0.15) is 0 Å². The van der Waals surface area contributed by atoms with Crippen molar-refractivity contribution < 1.29 is 10.2 Å². The molecule has 0 aromatic heterocycles. The highest BCUT2D eigenvalue weighted by Gasteiger charge is 2.52. The molecule has 0 amide bonds. The van der Waals surface area contributed by atoms with E-state index >= 15 is 0 Å². The zero-order valence-corrected chi connectivity index (χ0v) is 11.5. The van der Waals surface area contributed by atoms with Crippen molar-refractivity contribution in [2.75, 3.05) is 0 Å². The van der Waals surface area contributed by atoms with Gasteiger partial charge in [-0.2, -0.15) is 0 Å². The largest absolute Gasteiger partial charge is 0.504 e. The Balaban J connectivity index is 1.81. The topological polar surface area (TPSA) is 40.5 Å². The number of phenols is 2. The van der Waals surface area contributed by atoms with Gasteiger partial charge in [-0.15, -0.1) is 0 Å². The van der Waals surface area contributed by atoms with Gasteiger partial charge < -0.3 is 10.2 Å². The van der Waals surface area contributed by atoms with Gasteiger partial charge in [-0.05, 0) is 91.9 Å². The predicted octanol–water partition coefficient (Wildman–Crippen LogP) is 3.87. The molecule has 4 aliphatic rings. The van der Waals surface area contributed by atoms with Crippen molar-refractivity contribution in [3.63, 3.8) is 0 Å². The van der Waals surface area contributed by atoms with E-state index in [-0.39, 0.29) is 11.5 Å². The number of hydrogen-bond acceptors (Lipinski definition) is 2. The Morgan fingerprint density at radius 2 is 1.37 bits per heavy atom. The second kappa shape index (κ2) is 3.68. The number of phenolic OH excluding ortho intramolecular Hbond substituents is 2. The fourth-order valence-corrected chi connectivity index (χ4v) is 5.69. The first-order valence-electron chi connectivity index (χ1n) is 7.59. The molecule has 0 aliphatic heterocycles. The van der Waals surface area contributed by atoms with Crippen LogP contribution in [0.4, 0.5) is 0 Å². The van der Waals surface area contributed by atoms with Gasteiger partial charge in [0, 0.05) is 0 Å². The van der Waals surface area contributed by atoms with Gasteiger partial charge >= 0.3 is 0 Å². The highest BCUT2D eigenvalue weighted by molar-refractivity contribution is 5.48. The maximum Gasteiger partial charge on any atom is 0.157 e. The molecule has 4 bridgehead atoms. The van der Waals surface area contributed by atoms with Crippen molar-refractivity contribution in [3.8, 4) is 11.5 Å². The zero-order valence-electron chi connectivity index (χ0n) is 11.5. The molecule has 0 saturated heterocycles. The fraction of sp³-hybridized carbons (Fsp3) is 0.647. The van der Waals surface area contributed by atoms with Crippen LogP contribution in [0.5, 0.6) is 11.5 Å². The summed E-state index contributed by atoms with van der Waals surface area (Å²) in [6, 6.07) is 3.58. The van der Waals surface area contributed by atoms with E-state index in [9.17, 15) is 10.2 Å². The minimum absolute atomic E-state index is 0.0194. The summed E-state index contributed by atoms with van der Waals surface area (Å²) in [6.07, 6.45) is 8.19. The Labute approximate surface area is 114 Å². The van der Waals surface area contributed by atoms with Crippen LogP contribution in [-0.4, -0.2) is 10.2 Å². The van der Waals surface area contributed by atoms with E-state index in [0.29, 0.717) is 5.41 Å². The lowest BCUT2D eigenvalue weighted by Crippen LogP contribution is -2.48. The minimum Gasteiger partial charge on any atom is -0.504 e. The van der Waals surface area contributed by atoms with Crippen LogP contribution >= 0.6 is 0 Å². The molecule has 0 unspecified atom stereocenters. The molecule has 2 heteroatoms. The number of benzene rings is 1. The number of hydrogen-bond donors (Lipinski definition) is 2. The zero-order chi connectivity index (χ0) is 13.2. The van der Waals surface area contributed by atoms with Gasteiger partial charge in [-0.1, -0.05) is 0 Å². The maximum atomic E-state index is 9.88. The average molecular weight is 258 g/mol. The molecule has 0 radical (unpaired) electrons. The summed E-state index contributed by atoms with van der Waals surface area (Å²) in [5.74, 6) is 2.78. The summed E-state index contributed by atoms with van der Waals surface area (Å²) in [5, 5.41) is 19.5. The molecule has 0 spiro atoms. The smallest absolute Gasteiger partial charge is 0.157 e. The summed E-state index contributed by atoms with van der Waals surface area (Å²) in [5.41, 5.74) is 2.75. The predicted molar refractivity (Wildman–Crippen MR) is 74.4 cm³/mol. The normalized spacial score (nSPS) is 39.7. The van der Waals surface area contributed by atoms with Crippen molar-refractivity contribution in [1.82, 2.24) is 0 Å². The quantitative estimate of drug-likeness (QED) is 0.751. The van der Waals surface area contributed by atoms with Gasteiger partial charge in [0.2, 0.25) is 0 Å². The van der Waals surface area contributed by atoms with Crippen LogP contribution in [0.15, 0.2) is 12.1 Å². The minimum atomic E-state index is 0.0194. The Morgan fingerprint density at radius 3 is 1.89 bits per heavy atom. The van der Waals surface area contributed by atoms with Crippen LogP contribution in [0.3, 0.4) is 0 Å². The molecule has 4 aliphatic carbocycles. The van der Waals surface area contributed by atoms with E-state index in [2.05, 4.69) is 6.92 Å². The van der Waals surface area contributed by atoms with Crippen LogP contribution in [-0.2, 0) is 5.41 Å². The average Bonchev–Trinajstić information content (AvgIpc) is 2.32. The third-order valence-electron chi connectivity index (χ3n) is 5.93. The SMILES string of the molecule is Cc1cc(O)c(O)cc1C12CC3CC(CC(C3)C1)C2. The monoisotopic (exact) mass is 258 g/mol. The lowest BCUT2D eigenvalue weighted by molar-refractivity contribution is -0.00556. The lowest BCUT2D eigenvalue weighted by Gasteiger charge is -2.57. The van der Waals surface area contributed by atoms with Gasteiger partial charge in [0.25, 0.3) is 0 Å². The van der Waals surface area contributed by atoms with Crippen molar-refractivity contribution in [2.24, 2.45) is 17.8 Å². The molecule has 5 rings (SSSR count). The van der Waals surface area contributed by atoms with E-state index in [0.717, 1.165) is 23.3 Å². The van der Waals surface area contributed by atoms with Crippen LogP contribution in [0.1, 0.15) is 49.7 Å². The van der Waals surface area contributed by atoms with Crippen LogP contribution in [0.2, 0.25) is 0 Å². The molecule has 1 aromatic carbocycles. The summed E-state index contributed by atoms with van der Waals surface area (Å²) in [6.45, 7) is 2.08. The molecular formula is C17H22O2. The molecule has 4 saturated carbocycles. The summed E-state index contributed by atoms with van der Waals surface area (Å²) >= 11 is 0. The van der Waals surface area contributed by atoms with Gasteiger partial charge in [-0.3, -0.25) is 0 Å². The van der Waals surface area contributed by atoms with E-state index < -0.39 is 0 Å². The number of aromatic hydroxyl groups is 2. The second-order valence-corrected chi connectivity index (χ2v) is 7.35. The number of aryl methyl sites for hydroxylation is 1. The number of rotatable bonds is 1. The lowest BCUT2D eigenvalue weighted by atomic mass is 9.47. The van der Waals surface area contributed by atoms with Crippen LogP contribution in [0, 0.1) is 24.7 Å². The summed E-state index contributed by atoms with van der Waals surface area (Å²) < 4.78 is 0. The fourth-order valence-electron chi connectivity index (χ4n) is 5.69. The first-order chi connectivity index (χ1) is 9.06. The maximum absolute atomic E-state index is 9.88. The first-order valence-corrected chi connectivity index (χ1v) is 7.59. The standard InChI is InChI=1S/C17H22O2/c1-10-2-15(18)16(19)6-14(10)17-7-11-3-12(8-17)5-13(4-11)9-17/h2,6,11-13,18-19H,3-5,7-9H2,1H3. The van der Waals surface area contributed by atoms with E-state index in [1.54, 1.807) is 6.07 Å². The highest BCUT2D eigenvalue weighted by Crippen LogP contribution is 2.61. The van der Waals surface area contributed by atoms with E-state index in [4.69, 9.17) is 0 Å². The third kappa shape index (κ3) is 1.62. The molecule has 102 valence electrons. The molecule has 2 nitrogen and oxygen atoms in total. The van der Waals surface area contributed by atoms with Crippen molar-refractivity contribution in [1.29, 1.82) is 0 Å². The molecule has 4 fully saturated rings. The second-order valence-electron chi connectivity index (χ2n) is 7.35. The Morgan fingerprint density at radius 1 is 0.895 bits per heavy atom. The van der Waals surface area contributed by atoms with E-state index in [1.165, 1.54) is 44.1 Å². The van der Waals surface area contributed by atoms with E-state index in [1.807, 2.05) is 6.07 Å². The molecule has 2 N–H and O–H groups in total. The Bertz CT molecular complexity index is 497. The Hall–Kier alpha value is -1.18. The molecular weight excluding hydrogens is 236 g/mol. The van der Waals surface area contributed by atoms with Crippen molar-refractivity contribution >= 4 is 0 Å². The third-order valence-corrected chi connectivity index (χ3v) is 5.93. The summed E-state index contributed by atoms with van der Waals surface area (Å²) in [7, 11) is 0. The van der Waals surface area contributed by atoms with Crippen LogP contribution in [0.25, 0.3) is 0 Å². The van der Waals surface area contributed by atoms with Gasteiger partial charge in [0.15, 0.2) is 11.5 Å². The van der Waals surface area contributed by atoms with Crippen LogP contribution < -0.4 is 0 Å². The summed E-state index contributed by atoms with van der Waals surface area (Å²) in [4.78, 5) is 0. The van der Waals surface area contributed by atoms with Crippen molar-refractivity contribution in [3.05, 3.63) is 23.3 Å². The highest BCUT2D eigenvalue weighted by atomic mass is 16.3. The van der Waals surface area contributed by atoms with Crippen molar-refractivity contribution in [2.45, 2.75) is 50.9 Å². The first kappa shape index (κ1) is 11.6. The molecule has 0 atom stereocenters. The molecule has 1 aromatic rings. The van der Waals surface area contributed by atoms with Gasteiger partial charge in [0.05, 0.1) is 0 Å². The molecule has 0 heterocycles. The molecule has 19 heavy (non-hydrogen) atoms.